The van der Waals surface area contributed by atoms with Crippen molar-refractivity contribution in [2.75, 3.05) is 10.0 Å². The Morgan fingerprint density at radius 3 is 2.52 bits per heavy atom. The molecule has 0 unspecified atom stereocenters. The summed E-state index contributed by atoms with van der Waals surface area (Å²) in [6.07, 6.45) is 1.51. The molecular weight excluding hydrogens is 496 g/mol. The third-order valence-corrected chi connectivity index (χ3v) is 6.97. The van der Waals surface area contributed by atoms with Crippen LogP contribution in [0.3, 0.4) is 0 Å². The molecular formula is C18H15BrN4O3S3. The Morgan fingerprint density at radius 2 is 1.90 bits per heavy atom. The summed E-state index contributed by atoms with van der Waals surface area (Å²) in [5, 5.41) is 7.51. The summed E-state index contributed by atoms with van der Waals surface area (Å²) in [5.74, 6) is -0.352. The lowest BCUT2D eigenvalue weighted by atomic mass is 10.1. The van der Waals surface area contributed by atoms with Crippen molar-refractivity contribution in [3.63, 3.8) is 0 Å². The summed E-state index contributed by atoms with van der Waals surface area (Å²) in [5.41, 5.74) is 2.01. The quantitative estimate of drug-likeness (QED) is 0.446. The molecule has 29 heavy (non-hydrogen) atoms. The van der Waals surface area contributed by atoms with Gasteiger partial charge in [0.05, 0.1) is 4.90 Å². The SMILES string of the molecule is Cc1ccc(C(=O)NC(=S)Nc2ccc(S(=O)(=O)Nc3nccs3)cc2)cc1Br. The number of carbonyl (C=O) groups excluding carboxylic acids is 1. The van der Waals surface area contributed by atoms with Crippen LogP contribution in [0.15, 0.2) is 63.4 Å². The maximum absolute atomic E-state index is 12.3. The molecule has 0 aliphatic rings. The molecule has 11 heteroatoms. The monoisotopic (exact) mass is 510 g/mol. The van der Waals surface area contributed by atoms with Crippen molar-refractivity contribution in [3.8, 4) is 0 Å². The highest BCUT2D eigenvalue weighted by Gasteiger charge is 2.15. The molecule has 0 aliphatic carbocycles. The van der Waals surface area contributed by atoms with Crippen LogP contribution in [0.5, 0.6) is 0 Å². The van der Waals surface area contributed by atoms with Crippen LogP contribution >= 0.6 is 39.5 Å². The molecule has 1 aromatic heterocycles. The number of hydrogen-bond acceptors (Lipinski definition) is 6. The number of rotatable bonds is 5. The molecule has 1 heterocycles. The van der Waals surface area contributed by atoms with Gasteiger partial charge in [0.25, 0.3) is 15.9 Å². The molecule has 3 aromatic rings. The fourth-order valence-electron chi connectivity index (χ4n) is 2.24. The van der Waals surface area contributed by atoms with Gasteiger partial charge in [0.1, 0.15) is 0 Å². The molecule has 0 atom stereocenters. The molecule has 0 aliphatic heterocycles. The van der Waals surface area contributed by atoms with E-state index < -0.39 is 10.0 Å². The number of aryl methyl sites for hydroxylation is 1. The topological polar surface area (TPSA) is 100 Å². The van der Waals surface area contributed by atoms with Crippen molar-refractivity contribution in [3.05, 3.63) is 69.6 Å². The fourth-order valence-corrected chi connectivity index (χ4v) is 4.61. The van der Waals surface area contributed by atoms with Crippen molar-refractivity contribution in [1.82, 2.24) is 10.3 Å². The second-order valence-electron chi connectivity index (χ2n) is 5.84. The maximum Gasteiger partial charge on any atom is 0.263 e. The van der Waals surface area contributed by atoms with Crippen molar-refractivity contribution in [2.24, 2.45) is 0 Å². The molecule has 2 aromatic carbocycles. The van der Waals surface area contributed by atoms with Gasteiger partial charge in [-0.3, -0.25) is 14.8 Å². The second kappa shape index (κ2) is 8.99. The van der Waals surface area contributed by atoms with Crippen LogP contribution in [0.1, 0.15) is 15.9 Å². The van der Waals surface area contributed by atoms with Gasteiger partial charge in [0, 0.05) is 27.3 Å². The Hall–Kier alpha value is -2.34. The highest BCUT2D eigenvalue weighted by Crippen LogP contribution is 2.20. The largest absolute Gasteiger partial charge is 0.332 e. The lowest BCUT2D eigenvalue weighted by Gasteiger charge is -2.11. The molecule has 1 amide bonds. The predicted octanol–water partition coefficient (Wildman–Crippen LogP) is 4.14. The average molecular weight is 511 g/mol. The van der Waals surface area contributed by atoms with E-state index in [9.17, 15) is 13.2 Å². The zero-order valence-electron chi connectivity index (χ0n) is 15.0. The minimum atomic E-state index is -3.73. The number of nitrogens with one attached hydrogen (secondary N) is 3. The predicted molar refractivity (Wildman–Crippen MR) is 122 cm³/mol. The summed E-state index contributed by atoms with van der Waals surface area (Å²) in [6, 6.07) is 11.2. The van der Waals surface area contributed by atoms with Crippen molar-refractivity contribution in [2.45, 2.75) is 11.8 Å². The molecule has 0 fully saturated rings. The number of nitrogens with zero attached hydrogens (tertiary/aromatic N) is 1. The Balaban J connectivity index is 1.62. The van der Waals surface area contributed by atoms with E-state index in [1.165, 1.54) is 29.7 Å². The van der Waals surface area contributed by atoms with Gasteiger partial charge < -0.3 is 5.32 Å². The molecule has 0 spiro atoms. The van der Waals surface area contributed by atoms with E-state index in [1.54, 1.807) is 29.6 Å². The number of sulfonamides is 1. The van der Waals surface area contributed by atoms with E-state index in [0.29, 0.717) is 16.4 Å². The number of halogens is 1. The molecule has 0 saturated heterocycles. The summed E-state index contributed by atoms with van der Waals surface area (Å²) in [6.45, 7) is 1.92. The molecule has 0 bridgehead atoms. The number of hydrogen-bond donors (Lipinski definition) is 3. The highest BCUT2D eigenvalue weighted by atomic mass is 79.9. The highest BCUT2D eigenvalue weighted by molar-refractivity contribution is 9.10. The normalized spacial score (nSPS) is 11.0. The van der Waals surface area contributed by atoms with E-state index in [4.69, 9.17) is 12.2 Å². The van der Waals surface area contributed by atoms with Gasteiger partial charge in [-0.15, -0.1) is 11.3 Å². The Bertz CT molecular complexity index is 1150. The van der Waals surface area contributed by atoms with E-state index >= 15 is 0 Å². The first-order chi connectivity index (χ1) is 13.7. The van der Waals surface area contributed by atoms with Gasteiger partial charge >= 0.3 is 0 Å². The Labute approximate surface area is 185 Å². The average Bonchev–Trinajstić information content (AvgIpc) is 3.16. The zero-order chi connectivity index (χ0) is 21.0. The summed E-state index contributed by atoms with van der Waals surface area (Å²) in [4.78, 5) is 16.3. The van der Waals surface area contributed by atoms with Crippen LogP contribution in [0, 0.1) is 6.92 Å². The lowest BCUT2D eigenvalue weighted by Crippen LogP contribution is -2.34. The minimum Gasteiger partial charge on any atom is -0.332 e. The van der Waals surface area contributed by atoms with Crippen molar-refractivity contribution >= 4 is 71.3 Å². The van der Waals surface area contributed by atoms with Gasteiger partial charge in [-0.2, -0.15) is 0 Å². The van der Waals surface area contributed by atoms with E-state index in [0.717, 1.165) is 10.0 Å². The minimum absolute atomic E-state index is 0.0812. The lowest BCUT2D eigenvalue weighted by molar-refractivity contribution is 0.0977. The second-order valence-corrected chi connectivity index (χ2v) is 9.68. The van der Waals surface area contributed by atoms with Crippen LogP contribution < -0.4 is 15.4 Å². The number of thiazole rings is 1. The molecule has 3 rings (SSSR count). The van der Waals surface area contributed by atoms with Gasteiger partial charge in [0.2, 0.25) is 0 Å². The standard InChI is InChI=1S/C18H15BrN4O3S3/c1-11-2-3-12(10-15(11)19)16(24)22-17(27)21-13-4-6-14(7-5-13)29(25,26)23-18-20-8-9-28-18/h2-10H,1H3,(H,20,23)(H2,21,22,24,27). The third-order valence-electron chi connectivity index (χ3n) is 3.74. The Kier molecular flexibility index (Phi) is 6.63. The fraction of sp³-hybridized carbons (Fsp3) is 0.0556. The van der Waals surface area contributed by atoms with Crippen LogP contribution in [0.25, 0.3) is 0 Å². The molecule has 150 valence electrons. The van der Waals surface area contributed by atoms with E-state index in [1.807, 2.05) is 13.0 Å². The van der Waals surface area contributed by atoms with Crippen LogP contribution in [0.4, 0.5) is 10.8 Å². The van der Waals surface area contributed by atoms with E-state index in [-0.39, 0.29) is 15.9 Å². The van der Waals surface area contributed by atoms with Gasteiger partial charge in [-0.1, -0.05) is 22.0 Å². The van der Waals surface area contributed by atoms with Gasteiger partial charge in [-0.25, -0.2) is 13.4 Å². The molecule has 7 nitrogen and oxygen atoms in total. The Morgan fingerprint density at radius 1 is 1.17 bits per heavy atom. The van der Waals surface area contributed by atoms with Crippen LogP contribution in [-0.2, 0) is 10.0 Å². The number of amides is 1. The maximum atomic E-state index is 12.3. The smallest absolute Gasteiger partial charge is 0.263 e. The number of anilines is 2. The van der Waals surface area contributed by atoms with Gasteiger partial charge in [-0.05, 0) is 61.1 Å². The zero-order valence-corrected chi connectivity index (χ0v) is 19.0. The number of thiocarbonyl (C=S) groups is 1. The number of benzene rings is 2. The number of carbonyl (C=O) groups is 1. The molecule has 0 radical (unpaired) electrons. The summed E-state index contributed by atoms with van der Waals surface area (Å²) < 4.78 is 27.9. The van der Waals surface area contributed by atoms with Crippen molar-refractivity contribution in [1.29, 1.82) is 0 Å². The van der Waals surface area contributed by atoms with Crippen molar-refractivity contribution < 1.29 is 13.2 Å². The first-order valence-corrected chi connectivity index (χ1v) is 11.7. The van der Waals surface area contributed by atoms with E-state index in [2.05, 4.69) is 36.3 Å². The first kappa shape index (κ1) is 21.4. The van der Waals surface area contributed by atoms with Crippen LogP contribution in [-0.4, -0.2) is 24.4 Å². The third kappa shape index (κ3) is 5.60. The molecule has 3 N–H and O–H groups in total. The first-order valence-electron chi connectivity index (χ1n) is 8.15. The molecule has 0 saturated carbocycles. The van der Waals surface area contributed by atoms with Crippen LogP contribution in [0.2, 0.25) is 0 Å². The summed E-state index contributed by atoms with van der Waals surface area (Å²) in [7, 11) is -3.73. The number of aromatic nitrogens is 1. The van der Waals surface area contributed by atoms with Gasteiger partial charge in [0.15, 0.2) is 10.2 Å². The summed E-state index contributed by atoms with van der Waals surface area (Å²) >= 11 is 9.74.